The molecule has 1 aliphatic carbocycles. The molecule has 5 heteroatoms. The molecule has 1 aliphatic rings. The molecule has 3 nitrogen and oxygen atoms in total. The Morgan fingerprint density at radius 1 is 1.35 bits per heavy atom. The summed E-state index contributed by atoms with van der Waals surface area (Å²) >= 11 is 3.46. The Morgan fingerprint density at radius 2 is 2.25 bits per heavy atom. The number of rotatable bonds is 5. The van der Waals surface area contributed by atoms with Crippen LogP contribution in [0.25, 0.3) is 0 Å². The molecule has 1 amide bonds. The quantitative estimate of drug-likeness (QED) is 0.922. The summed E-state index contributed by atoms with van der Waals surface area (Å²) in [5.74, 6) is 0.105. The van der Waals surface area contributed by atoms with Crippen molar-refractivity contribution in [1.29, 1.82) is 0 Å². The number of hydrogen-bond acceptors (Lipinski definition) is 4. The van der Waals surface area contributed by atoms with E-state index in [1.165, 1.54) is 34.8 Å². The number of hydrogen-bond donors (Lipinski definition) is 1. The Morgan fingerprint density at radius 3 is 3.05 bits per heavy atom. The molecule has 1 N–H and O–H groups in total. The number of thiophene rings is 1. The molecule has 0 saturated heterocycles. The van der Waals surface area contributed by atoms with Gasteiger partial charge in [-0.1, -0.05) is 6.07 Å². The van der Waals surface area contributed by atoms with Crippen molar-refractivity contribution in [3.63, 3.8) is 0 Å². The van der Waals surface area contributed by atoms with Crippen molar-refractivity contribution in [2.45, 2.75) is 38.5 Å². The van der Waals surface area contributed by atoms with E-state index >= 15 is 0 Å². The van der Waals surface area contributed by atoms with Crippen LogP contribution in [0.5, 0.6) is 0 Å². The normalized spacial score (nSPS) is 14.0. The SMILES string of the molecule is O=C(Cc1cccs1)NCCc1nc2c(s1)CCCC2. The predicted molar refractivity (Wildman–Crippen MR) is 83.5 cm³/mol. The summed E-state index contributed by atoms with van der Waals surface area (Å²) in [6, 6.07) is 3.98. The lowest BCUT2D eigenvalue weighted by molar-refractivity contribution is -0.120. The second-order valence-electron chi connectivity index (χ2n) is 5.04. The van der Waals surface area contributed by atoms with E-state index in [9.17, 15) is 4.79 Å². The van der Waals surface area contributed by atoms with Gasteiger partial charge in [-0.15, -0.1) is 22.7 Å². The zero-order valence-corrected chi connectivity index (χ0v) is 13.0. The van der Waals surface area contributed by atoms with E-state index in [2.05, 4.69) is 5.32 Å². The van der Waals surface area contributed by atoms with E-state index in [-0.39, 0.29) is 5.91 Å². The lowest BCUT2D eigenvalue weighted by Crippen LogP contribution is -2.26. The molecule has 2 aromatic rings. The summed E-state index contributed by atoms with van der Waals surface area (Å²) in [4.78, 5) is 19.1. The Labute approximate surface area is 127 Å². The summed E-state index contributed by atoms with van der Waals surface area (Å²) < 4.78 is 0. The number of carbonyl (C=O) groups excluding carboxylic acids is 1. The maximum atomic E-state index is 11.8. The minimum absolute atomic E-state index is 0.105. The smallest absolute Gasteiger partial charge is 0.225 e. The highest BCUT2D eigenvalue weighted by atomic mass is 32.1. The number of fused-ring (bicyclic) bond motifs is 1. The zero-order chi connectivity index (χ0) is 13.8. The lowest BCUT2D eigenvalue weighted by atomic mass is 10.0. The van der Waals surface area contributed by atoms with E-state index in [1.54, 1.807) is 11.3 Å². The Bertz CT molecular complexity index is 551. The van der Waals surface area contributed by atoms with Gasteiger partial charge in [0, 0.05) is 22.7 Å². The average molecular weight is 306 g/mol. The molecule has 0 aliphatic heterocycles. The second kappa shape index (κ2) is 6.50. The fourth-order valence-corrected chi connectivity index (χ4v) is 4.31. The molecular weight excluding hydrogens is 288 g/mol. The van der Waals surface area contributed by atoms with Crippen molar-refractivity contribution in [3.05, 3.63) is 38.0 Å². The highest BCUT2D eigenvalue weighted by Gasteiger charge is 2.14. The maximum absolute atomic E-state index is 11.8. The molecule has 0 bridgehead atoms. The zero-order valence-electron chi connectivity index (χ0n) is 11.4. The van der Waals surface area contributed by atoms with Gasteiger partial charge in [-0.3, -0.25) is 4.79 Å². The Balaban J connectivity index is 1.45. The van der Waals surface area contributed by atoms with Crippen LogP contribution >= 0.6 is 22.7 Å². The molecule has 0 aromatic carbocycles. The van der Waals surface area contributed by atoms with Crippen LogP contribution < -0.4 is 5.32 Å². The Kier molecular flexibility index (Phi) is 4.47. The Hall–Kier alpha value is -1.20. The molecule has 2 aromatic heterocycles. The van der Waals surface area contributed by atoms with Gasteiger partial charge in [0.25, 0.3) is 0 Å². The maximum Gasteiger partial charge on any atom is 0.225 e. The van der Waals surface area contributed by atoms with Crippen LogP contribution in [0.3, 0.4) is 0 Å². The van der Waals surface area contributed by atoms with Crippen molar-refractivity contribution in [1.82, 2.24) is 10.3 Å². The number of carbonyl (C=O) groups is 1. The van der Waals surface area contributed by atoms with Gasteiger partial charge in [-0.2, -0.15) is 0 Å². The van der Waals surface area contributed by atoms with Crippen LogP contribution in [0.1, 0.15) is 33.3 Å². The second-order valence-corrected chi connectivity index (χ2v) is 7.24. The van der Waals surface area contributed by atoms with Gasteiger partial charge in [0.05, 0.1) is 17.1 Å². The first-order valence-electron chi connectivity index (χ1n) is 7.08. The van der Waals surface area contributed by atoms with Crippen molar-refractivity contribution >= 4 is 28.6 Å². The monoisotopic (exact) mass is 306 g/mol. The summed E-state index contributed by atoms with van der Waals surface area (Å²) in [5.41, 5.74) is 1.31. The number of nitrogens with one attached hydrogen (secondary N) is 1. The topological polar surface area (TPSA) is 42.0 Å². The summed E-state index contributed by atoms with van der Waals surface area (Å²) in [7, 11) is 0. The first-order chi connectivity index (χ1) is 9.81. The van der Waals surface area contributed by atoms with E-state index in [0.717, 1.165) is 17.7 Å². The predicted octanol–water partition coefficient (Wildman–Crippen LogP) is 2.98. The molecule has 2 heterocycles. The molecule has 20 heavy (non-hydrogen) atoms. The van der Waals surface area contributed by atoms with Crippen molar-refractivity contribution in [3.8, 4) is 0 Å². The molecule has 0 radical (unpaired) electrons. The van der Waals surface area contributed by atoms with Gasteiger partial charge in [0.15, 0.2) is 0 Å². The van der Waals surface area contributed by atoms with Crippen LogP contribution in [0.15, 0.2) is 17.5 Å². The number of thiazole rings is 1. The van der Waals surface area contributed by atoms with Crippen molar-refractivity contribution in [2.24, 2.45) is 0 Å². The molecule has 106 valence electrons. The molecule has 3 rings (SSSR count). The lowest BCUT2D eigenvalue weighted by Gasteiger charge is -2.06. The average Bonchev–Trinajstić information content (AvgIpc) is 3.07. The summed E-state index contributed by atoms with van der Waals surface area (Å²) in [5, 5.41) is 6.16. The van der Waals surface area contributed by atoms with Crippen molar-refractivity contribution in [2.75, 3.05) is 6.54 Å². The van der Waals surface area contributed by atoms with Crippen molar-refractivity contribution < 1.29 is 4.79 Å². The standard InChI is InChI=1S/C15H18N2OS2/c18-14(10-11-4-3-9-19-11)16-8-7-15-17-12-5-1-2-6-13(12)20-15/h3-4,9H,1-2,5-8,10H2,(H,16,18). The van der Waals surface area contributed by atoms with Crippen LogP contribution in [0.2, 0.25) is 0 Å². The molecule has 0 atom stereocenters. The van der Waals surface area contributed by atoms with Gasteiger partial charge in [0.1, 0.15) is 0 Å². The number of aryl methyl sites for hydroxylation is 2. The third-order valence-electron chi connectivity index (χ3n) is 3.47. The first kappa shape index (κ1) is 13.8. The molecule has 0 fully saturated rings. The largest absolute Gasteiger partial charge is 0.355 e. The first-order valence-corrected chi connectivity index (χ1v) is 8.77. The van der Waals surface area contributed by atoms with Gasteiger partial charge < -0.3 is 5.32 Å². The highest BCUT2D eigenvalue weighted by molar-refractivity contribution is 7.11. The van der Waals surface area contributed by atoms with Crippen LogP contribution in [0, 0.1) is 0 Å². The van der Waals surface area contributed by atoms with Crippen LogP contribution in [-0.2, 0) is 30.5 Å². The van der Waals surface area contributed by atoms with Crippen LogP contribution in [-0.4, -0.2) is 17.4 Å². The van der Waals surface area contributed by atoms with Gasteiger partial charge in [-0.25, -0.2) is 4.98 Å². The molecular formula is C15H18N2OS2. The highest BCUT2D eigenvalue weighted by Crippen LogP contribution is 2.26. The van der Waals surface area contributed by atoms with E-state index in [1.807, 2.05) is 28.8 Å². The third kappa shape index (κ3) is 3.46. The molecule has 0 spiro atoms. The molecule has 0 unspecified atom stereocenters. The van der Waals surface area contributed by atoms with Crippen LogP contribution in [0.4, 0.5) is 0 Å². The van der Waals surface area contributed by atoms with E-state index < -0.39 is 0 Å². The number of aromatic nitrogens is 1. The fourth-order valence-electron chi connectivity index (χ4n) is 2.46. The summed E-state index contributed by atoms with van der Waals surface area (Å²) in [6.45, 7) is 0.691. The van der Waals surface area contributed by atoms with E-state index in [0.29, 0.717) is 13.0 Å². The minimum Gasteiger partial charge on any atom is -0.355 e. The number of nitrogens with zero attached hydrogens (tertiary/aromatic N) is 1. The molecule has 0 saturated carbocycles. The number of amides is 1. The van der Waals surface area contributed by atoms with Gasteiger partial charge >= 0.3 is 0 Å². The van der Waals surface area contributed by atoms with Gasteiger partial charge in [-0.05, 0) is 37.1 Å². The fraction of sp³-hybridized carbons (Fsp3) is 0.467. The minimum atomic E-state index is 0.105. The van der Waals surface area contributed by atoms with E-state index in [4.69, 9.17) is 4.98 Å². The summed E-state index contributed by atoms with van der Waals surface area (Å²) in [6.07, 6.45) is 6.24. The van der Waals surface area contributed by atoms with Gasteiger partial charge in [0.2, 0.25) is 5.91 Å². The third-order valence-corrected chi connectivity index (χ3v) is 5.56.